The fourth-order valence-electron chi connectivity index (χ4n) is 3.23. The maximum atomic E-state index is 13.4. The average molecular weight is 353 g/mol. The summed E-state index contributed by atoms with van der Waals surface area (Å²) in [5.41, 5.74) is 2.87. The van der Waals surface area contributed by atoms with Crippen molar-refractivity contribution in [1.82, 2.24) is 0 Å². The normalized spacial score (nSPS) is 10.7. The van der Waals surface area contributed by atoms with Gasteiger partial charge in [-0.05, 0) is 42.6 Å². The standard InChI is InChI=1S/C24H19NO2/c1-17-11-14-20(15-12-17)25(24(27)19-8-3-2-4-9-19)23-21-10-6-5-7-18(21)13-16-22(23)26/h2-16,26H,1H3. The molecule has 0 aliphatic heterocycles. The van der Waals surface area contributed by atoms with Gasteiger partial charge in [0.2, 0.25) is 0 Å². The molecule has 3 heteroatoms. The Morgan fingerprint density at radius 3 is 2.19 bits per heavy atom. The van der Waals surface area contributed by atoms with Gasteiger partial charge < -0.3 is 5.11 Å². The SMILES string of the molecule is Cc1ccc(N(C(=O)c2ccccc2)c2c(O)ccc3ccccc23)cc1. The van der Waals surface area contributed by atoms with Gasteiger partial charge in [0.1, 0.15) is 5.75 Å². The van der Waals surface area contributed by atoms with Crippen LogP contribution in [0.2, 0.25) is 0 Å². The summed E-state index contributed by atoms with van der Waals surface area (Å²) >= 11 is 0. The highest BCUT2D eigenvalue weighted by Gasteiger charge is 2.24. The zero-order valence-electron chi connectivity index (χ0n) is 15.0. The predicted molar refractivity (Wildman–Crippen MR) is 110 cm³/mol. The van der Waals surface area contributed by atoms with E-state index >= 15 is 0 Å². The molecule has 27 heavy (non-hydrogen) atoms. The molecule has 1 N–H and O–H groups in total. The summed E-state index contributed by atoms with van der Waals surface area (Å²) in [7, 11) is 0. The Bertz CT molecular complexity index is 1100. The topological polar surface area (TPSA) is 40.5 Å². The number of rotatable bonds is 3. The number of carbonyl (C=O) groups excluding carboxylic acids is 1. The highest BCUT2D eigenvalue weighted by molar-refractivity contribution is 6.16. The molecule has 0 atom stereocenters. The van der Waals surface area contributed by atoms with Crippen molar-refractivity contribution >= 4 is 28.1 Å². The van der Waals surface area contributed by atoms with Crippen LogP contribution < -0.4 is 4.90 Å². The van der Waals surface area contributed by atoms with Crippen LogP contribution in [0.4, 0.5) is 11.4 Å². The van der Waals surface area contributed by atoms with Gasteiger partial charge in [0, 0.05) is 16.6 Å². The maximum absolute atomic E-state index is 13.4. The lowest BCUT2D eigenvalue weighted by Gasteiger charge is -2.25. The van der Waals surface area contributed by atoms with Crippen LogP contribution in [0.15, 0.2) is 91.0 Å². The first-order valence-corrected chi connectivity index (χ1v) is 8.82. The van der Waals surface area contributed by atoms with Crippen molar-refractivity contribution in [2.45, 2.75) is 6.92 Å². The van der Waals surface area contributed by atoms with Crippen molar-refractivity contribution in [3.8, 4) is 5.75 Å². The Kier molecular flexibility index (Phi) is 4.35. The number of aromatic hydroxyl groups is 1. The number of phenols is 1. The minimum Gasteiger partial charge on any atom is -0.506 e. The van der Waals surface area contributed by atoms with Crippen LogP contribution >= 0.6 is 0 Å². The first-order chi connectivity index (χ1) is 13.1. The van der Waals surface area contributed by atoms with Gasteiger partial charge in [-0.1, -0.05) is 66.2 Å². The number of benzene rings is 4. The van der Waals surface area contributed by atoms with E-state index in [0.717, 1.165) is 16.3 Å². The third-order valence-electron chi connectivity index (χ3n) is 4.62. The minimum absolute atomic E-state index is 0.0681. The molecule has 4 aromatic rings. The molecule has 0 aromatic heterocycles. The Morgan fingerprint density at radius 2 is 1.44 bits per heavy atom. The fraction of sp³-hybridized carbons (Fsp3) is 0.0417. The fourth-order valence-corrected chi connectivity index (χ4v) is 3.23. The van der Waals surface area contributed by atoms with Crippen LogP contribution in [0.3, 0.4) is 0 Å². The number of hydrogen-bond acceptors (Lipinski definition) is 2. The largest absolute Gasteiger partial charge is 0.506 e. The number of hydrogen-bond donors (Lipinski definition) is 1. The van der Waals surface area contributed by atoms with Gasteiger partial charge in [0.05, 0.1) is 5.69 Å². The highest BCUT2D eigenvalue weighted by Crippen LogP contribution is 2.40. The van der Waals surface area contributed by atoms with E-state index in [9.17, 15) is 9.90 Å². The lowest BCUT2D eigenvalue weighted by Crippen LogP contribution is -2.26. The number of aryl methyl sites for hydroxylation is 1. The molecule has 0 bridgehead atoms. The number of fused-ring (bicyclic) bond motifs is 1. The lowest BCUT2D eigenvalue weighted by molar-refractivity contribution is 0.0999. The van der Waals surface area contributed by atoms with Gasteiger partial charge in [0.15, 0.2) is 0 Å². The summed E-state index contributed by atoms with van der Waals surface area (Å²) in [4.78, 5) is 15.0. The van der Waals surface area contributed by atoms with E-state index in [0.29, 0.717) is 16.9 Å². The van der Waals surface area contributed by atoms with Gasteiger partial charge in [0.25, 0.3) is 5.91 Å². The first kappa shape index (κ1) is 16.9. The second-order valence-electron chi connectivity index (χ2n) is 6.50. The molecule has 4 aromatic carbocycles. The molecule has 4 rings (SSSR count). The summed E-state index contributed by atoms with van der Waals surface area (Å²) < 4.78 is 0. The van der Waals surface area contributed by atoms with E-state index in [2.05, 4.69) is 0 Å². The van der Waals surface area contributed by atoms with Crippen LogP contribution in [-0.4, -0.2) is 11.0 Å². The number of amides is 1. The third-order valence-corrected chi connectivity index (χ3v) is 4.62. The van der Waals surface area contributed by atoms with Crippen LogP contribution in [0.25, 0.3) is 10.8 Å². The molecule has 1 amide bonds. The molecule has 0 fully saturated rings. The van der Waals surface area contributed by atoms with E-state index in [-0.39, 0.29) is 11.7 Å². The lowest BCUT2D eigenvalue weighted by atomic mass is 10.0. The number of carbonyl (C=O) groups is 1. The summed E-state index contributed by atoms with van der Waals surface area (Å²) in [5.74, 6) is -0.121. The molecule has 0 heterocycles. The molecule has 0 unspecified atom stereocenters. The second kappa shape index (κ2) is 6.96. The van der Waals surface area contributed by atoms with Gasteiger partial charge in [-0.25, -0.2) is 0 Å². The molecule has 0 saturated heterocycles. The monoisotopic (exact) mass is 353 g/mol. The number of anilines is 2. The molecule has 0 radical (unpaired) electrons. The Morgan fingerprint density at radius 1 is 0.778 bits per heavy atom. The second-order valence-corrected chi connectivity index (χ2v) is 6.50. The average Bonchev–Trinajstić information content (AvgIpc) is 2.71. The molecule has 0 aliphatic rings. The van der Waals surface area contributed by atoms with Crippen molar-refractivity contribution in [2.24, 2.45) is 0 Å². The zero-order chi connectivity index (χ0) is 18.8. The predicted octanol–water partition coefficient (Wildman–Crippen LogP) is 5.83. The summed E-state index contributed by atoms with van der Waals surface area (Å²) in [6, 6.07) is 28.1. The van der Waals surface area contributed by atoms with Gasteiger partial charge in [-0.2, -0.15) is 0 Å². The van der Waals surface area contributed by atoms with E-state index in [1.807, 2.05) is 79.7 Å². The Balaban J connectivity index is 1.98. The zero-order valence-corrected chi connectivity index (χ0v) is 15.0. The summed E-state index contributed by atoms with van der Waals surface area (Å²) in [5, 5.41) is 12.5. The number of phenolic OH excluding ortho intramolecular Hbond substituents is 1. The summed E-state index contributed by atoms with van der Waals surface area (Å²) in [6.07, 6.45) is 0. The highest BCUT2D eigenvalue weighted by atomic mass is 16.3. The smallest absolute Gasteiger partial charge is 0.262 e. The number of nitrogens with zero attached hydrogens (tertiary/aromatic N) is 1. The molecular weight excluding hydrogens is 334 g/mol. The first-order valence-electron chi connectivity index (χ1n) is 8.82. The molecule has 132 valence electrons. The summed E-state index contributed by atoms with van der Waals surface area (Å²) in [6.45, 7) is 2.00. The molecule has 3 nitrogen and oxygen atoms in total. The van der Waals surface area contributed by atoms with E-state index in [1.165, 1.54) is 0 Å². The Labute approximate surface area is 158 Å². The van der Waals surface area contributed by atoms with Crippen molar-refractivity contribution in [3.63, 3.8) is 0 Å². The quantitative estimate of drug-likeness (QED) is 0.503. The van der Waals surface area contributed by atoms with E-state index in [4.69, 9.17) is 0 Å². The van der Waals surface area contributed by atoms with E-state index < -0.39 is 0 Å². The van der Waals surface area contributed by atoms with Crippen LogP contribution in [-0.2, 0) is 0 Å². The van der Waals surface area contributed by atoms with Crippen LogP contribution in [0.5, 0.6) is 5.75 Å². The minimum atomic E-state index is -0.189. The molecular formula is C24H19NO2. The third kappa shape index (κ3) is 3.15. The molecule has 0 spiro atoms. The van der Waals surface area contributed by atoms with Crippen LogP contribution in [0.1, 0.15) is 15.9 Å². The maximum Gasteiger partial charge on any atom is 0.262 e. The van der Waals surface area contributed by atoms with Crippen molar-refractivity contribution in [3.05, 3.63) is 102 Å². The van der Waals surface area contributed by atoms with Crippen molar-refractivity contribution < 1.29 is 9.90 Å². The molecule has 0 saturated carbocycles. The van der Waals surface area contributed by atoms with Crippen molar-refractivity contribution in [2.75, 3.05) is 4.90 Å². The Hall–Kier alpha value is -3.59. The van der Waals surface area contributed by atoms with Gasteiger partial charge >= 0.3 is 0 Å². The van der Waals surface area contributed by atoms with Gasteiger partial charge in [-0.3, -0.25) is 9.69 Å². The van der Waals surface area contributed by atoms with E-state index in [1.54, 1.807) is 23.1 Å². The van der Waals surface area contributed by atoms with Gasteiger partial charge in [-0.15, -0.1) is 0 Å². The van der Waals surface area contributed by atoms with Crippen LogP contribution in [0, 0.1) is 6.92 Å². The van der Waals surface area contributed by atoms with Crippen molar-refractivity contribution in [1.29, 1.82) is 0 Å². The molecule has 0 aliphatic carbocycles.